The number of aryl methyl sites for hydroxylation is 1. The molecule has 0 radical (unpaired) electrons. The molecule has 1 fully saturated rings. The van der Waals surface area contributed by atoms with E-state index in [1.54, 1.807) is 11.8 Å². The molecular formula is C11H17N3O2S. The molecule has 6 heteroatoms. The molecule has 2 rings (SSSR count). The van der Waals surface area contributed by atoms with Gasteiger partial charge in [0.1, 0.15) is 5.82 Å². The molecule has 0 saturated heterocycles. The van der Waals surface area contributed by atoms with E-state index in [-0.39, 0.29) is 11.2 Å². The zero-order valence-corrected chi connectivity index (χ0v) is 10.9. The molecule has 1 N–H and O–H groups in total. The van der Waals surface area contributed by atoms with Gasteiger partial charge in [0, 0.05) is 12.3 Å². The lowest BCUT2D eigenvalue weighted by Crippen LogP contribution is -2.29. The molecule has 0 amide bonds. The lowest BCUT2D eigenvalue weighted by atomic mass is 9.89. The third kappa shape index (κ3) is 2.62. The van der Waals surface area contributed by atoms with Crippen LogP contribution in [0.3, 0.4) is 0 Å². The first-order valence-corrected chi connectivity index (χ1v) is 6.73. The Morgan fingerprint density at radius 1 is 1.41 bits per heavy atom. The monoisotopic (exact) mass is 255 g/mol. The molecule has 0 aliphatic heterocycles. The quantitative estimate of drug-likeness (QED) is 0.892. The fourth-order valence-corrected chi connectivity index (χ4v) is 3.50. The first-order valence-electron chi connectivity index (χ1n) is 5.85. The molecule has 2 unspecified atom stereocenters. The van der Waals surface area contributed by atoms with Gasteiger partial charge in [-0.3, -0.25) is 4.79 Å². The zero-order chi connectivity index (χ0) is 12.4. The van der Waals surface area contributed by atoms with Crippen LogP contribution in [-0.2, 0) is 11.8 Å². The van der Waals surface area contributed by atoms with Crippen LogP contribution >= 0.6 is 11.8 Å². The van der Waals surface area contributed by atoms with Crippen LogP contribution in [0.15, 0.2) is 5.16 Å². The number of carboxylic acids is 1. The van der Waals surface area contributed by atoms with Crippen LogP contribution in [-0.4, -0.2) is 31.1 Å². The fourth-order valence-electron chi connectivity index (χ4n) is 2.15. The number of carbonyl (C=O) groups is 1. The number of hydrogen-bond donors (Lipinski definition) is 1. The van der Waals surface area contributed by atoms with Gasteiger partial charge >= 0.3 is 5.97 Å². The second-order valence-electron chi connectivity index (χ2n) is 4.47. The molecule has 94 valence electrons. The van der Waals surface area contributed by atoms with Gasteiger partial charge in [-0.2, -0.15) is 0 Å². The predicted molar refractivity (Wildman–Crippen MR) is 65.0 cm³/mol. The van der Waals surface area contributed by atoms with E-state index in [0.717, 1.165) is 36.7 Å². The van der Waals surface area contributed by atoms with Crippen LogP contribution < -0.4 is 0 Å². The molecular weight excluding hydrogens is 238 g/mol. The first-order chi connectivity index (χ1) is 8.09. The Kier molecular flexibility index (Phi) is 3.71. The highest BCUT2D eigenvalue weighted by Gasteiger charge is 2.32. The van der Waals surface area contributed by atoms with Crippen LogP contribution in [0.5, 0.6) is 0 Å². The highest BCUT2D eigenvalue weighted by Crippen LogP contribution is 2.36. The Balaban J connectivity index is 2.10. The third-order valence-corrected chi connectivity index (χ3v) is 4.76. The van der Waals surface area contributed by atoms with Crippen molar-refractivity contribution in [3.05, 3.63) is 5.82 Å². The van der Waals surface area contributed by atoms with Gasteiger partial charge in [-0.25, -0.2) is 0 Å². The van der Waals surface area contributed by atoms with Gasteiger partial charge in [-0.05, 0) is 19.8 Å². The molecule has 1 aliphatic carbocycles. The van der Waals surface area contributed by atoms with Crippen LogP contribution in [0.4, 0.5) is 0 Å². The Bertz CT molecular complexity index is 419. The topological polar surface area (TPSA) is 68.0 Å². The summed E-state index contributed by atoms with van der Waals surface area (Å²) in [6.07, 6.45) is 3.86. The van der Waals surface area contributed by atoms with Gasteiger partial charge in [-0.15, -0.1) is 10.2 Å². The largest absolute Gasteiger partial charge is 0.481 e. The first kappa shape index (κ1) is 12.4. The number of nitrogens with zero attached hydrogens (tertiary/aromatic N) is 3. The van der Waals surface area contributed by atoms with Crippen molar-refractivity contribution in [1.29, 1.82) is 0 Å². The van der Waals surface area contributed by atoms with Gasteiger partial charge in [-0.1, -0.05) is 24.6 Å². The molecule has 1 aromatic rings. The minimum atomic E-state index is -0.680. The summed E-state index contributed by atoms with van der Waals surface area (Å²) in [6.45, 7) is 1.90. The summed E-state index contributed by atoms with van der Waals surface area (Å²) < 4.78 is 1.91. The molecule has 1 aliphatic rings. The number of aliphatic carboxylic acids is 1. The molecule has 1 saturated carbocycles. The second kappa shape index (κ2) is 5.08. The molecule has 17 heavy (non-hydrogen) atoms. The standard InChI is InChI=1S/C11H17N3O2S/c1-7-12-13-11(14(7)2)17-9-6-4-3-5-8(9)10(15)16/h8-9H,3-6H2,1-2H3,(H,15,16). The van der Waals surface area contributed by atoms with Crippen molar-refractivity contribution in [1.82, 2.24) is 14.8 Å². The van der Waals surface area contributed by atoms with E-state index in [1.165, 1.54) is 0 Å². The lowest BCUT2D eigenvalue weighted by Gasteiger charge is -2.27. The van der Waals surface area contributed by atoms with Crippen molar-refractivity contribution in [2.24, 2.45) is 13.0 Å². The summed E-state index contributed by atoms with van der Waals surface area (Å²) in [6, 6.07) is 0. The summed E-state index contributed by atoms with van der Waals surface area (Å²) >= 11 is 1.56. The summed E-state index contributed by atoms with van der Waals surface area (Å²) in [5.74, 6) is -0.0676. The van der Waals surface area contributed by atoms with Crippen molar-refractivity contribution in [2.45, 2.75) is 43.0 Å². The van der Waals surface area contributed by atoms with Crippen LogP contribution in [0.25, 0.3) is 0 Å². The third-order valence-electron chi connectivity index (χ3n) is 3.33. The average molecular weight is 255 g/mol. The highest BCUT2D eigenvalue weighted by molar-refractivity contribution is 7.99. The molecule has 2 atom stereocenters. The van der Waals surface area contributed by atoms with E-state index >= 15 is 0 Å². The van der Waals surface area contributed by atoms with Gasteiger partial charge in [0.15, 0.2) is 5.16 Å². The molecule has 1 aromatic heterocycles. The van der Waals surface area contributed by atoms with Gasteiger partial charge in [0.25, 0.3) is 0 Å². The number of rotatable bonds is 3. The minimum Gasteiger partial charge on any atom is -0.481 e. The summed E-state index contributed by atoms with van der Waals surface area (Å²) in [7, 11) is 1.91. The molecule has 0 aromatic carbocycles. The SMILES string of the molecule is Cc1nnc(SC2CCCCC2C(=O)O)n1C. The number of carboxylic acid groups (broad SMARTS) is 1. The van der Waals surface area contributed by atoms with Crippen molar-refractivity contribution >= 4 is 17.7 Å². The van der Waals surface area contributed by atoms with E-state index in [1.807, 2.05) is 18.5 Å². The summed E-state index contributed by atoms with van der Waals surface area (Å²) in [5.41, 5.74) is 0. The van der Waals surface area contributed by atoms with Crippen LogP contribution in [0.2, 0.25) is 0 Å². The minimum absolute atomic E-state index is 0.128. The van der Waals surface area contributed by atoms with Crippen molar-refractivity contribution in [3.8, 4) is 0 Å². The van der Waals surface area contributed by atoms with Crippen molar-refractivity contribution in [3.63, 3.8) is 0 Å². The Hall–Kier alpha value is -1.04. The molecule has 0 bridgehead atoms. The maximum absolute atomic E-state index is 11.2. The summed E-state index contributed by atoms with van der Waals surface area (Å²) in [5, 5.41) is 18.2. The predicted octanol–water partition coefficient (Wildman–Crippen LogP) is 1.86. The Labute approximate surface area is 105 Å². The van der Waals surface area contributed by atoms with Gasteiger partial charge in [0.05, 0.1) is 5.92 Å². The van der Waals surface area contributed by atoms with Crippen molar-refractivity contribution < 1.29 is 9.90 Å². The normalized spacial score (nSPS) is 24.8. The smallest absolute Gasteiger partial charge is 0.307 e. The molecule has 0 spiro atoms. The molecule has 5 nitrogen and oxygen atoms in total. The summed E-state index contributed by atoms with van der Waals surface area (Å²) in [4.78, 5) is 11.2. The number of thioether (sulfide) groups is 1. The van der Waals surface area contributed by atoms with Crippen LogP contribution in [0.1, 0.15) is 31.5 Å². The average Bonchev–Trinajstić information content (AvgIpc) is 2.61. The van der Waals surface area contributed by atoms with E-state index in [9.17, 15) is 9.90 Å². The number of hydrogen-bond acceptors (Lipinski definition) is 4. The lowest BCUT2D eigenvalue weighted by molar-refractivity contribution is -0.142. The fraction of sp³-hybridized carbons (Fsp3) is 0.727. The molecule has 1 heterocycles. The van der Waals surface area contributed by atoms with Crippen molar-refractivity contribution in [2.75, 3.05) is 0 Å². The van der Waals surface area contributed by atoms with E-state index in [0.29, 0.717) is 0 Å². The van der Waals surface area contributed by atoms with Gasteiger partial charge < -0.3 is 9.67 Å². The van der Waals surface area contributed by atoms with Gasteiger partial charge in [0.2, 0.25) is 0 Å². The van der Waals surface area contributed by atoms with Crippen LogP contribution in [0, 0.1) is 12.8 Å². The second-order valence-corrected chi connectivity index (χ2v) is 5.68. The van der Waals surface area contributed by atoms with E-state index < -0.39 is 5.97 Å². The number of aromatic nitrogens is 3. The Morgan fingerprint density at radius 3 is 2.71 bits per heavy atom. The zero-order valence-electron chi connectivity index (χ0n) is 10.1. The maximum atomic E-state index is 11.2. The maximum Gasteiger partial charge on any atom is 0.307 e. The van der Waals surface area contributed by atoms with E-state index in [2.05, 4.69) is 10.2 Å². The van der Waals surface area contributed by atoms with E-state index in [4.69, 9.17) is 0 Å². The highest BCUT2D eigenvalue weighted by atomic mass is 32.2. The Morgan fingerprint density at radius 2 is 2.12 bits per heavy atom.